The largest absolute Gasteiger partial charge is 0.375 e. The number of hydrazone groups is 1. The molecule has 1 saturated heterocycles. The Morgan fingerprint density at radius 2 is 2.50 bits per heavy atom. The molecule has 1 fully saturated rings. The Morgan fingerprint density at radius 1 is 1.67 bits per heavy atom. The molecule has 12 heavy (non-hydrogen) atoms. The number of nitrogens with two attached hydrogens (primary N) is 1. The van der Waals surface area contributed by atoms with Gasteiger partial charge in [-0.1, -0.05) is 6.42 Å². The average molecular weight is 186 g/mol. The molecule has 0 bridgehead atoms. The van der Waals surface area contributed by atoms with Crippen molar-refractivity contribution in [2.45, 2.75) is 25.3 Å². The summed E-state index contributed by atoms with van der Waals surface area (Å²) < 4.78 is 0. The maximum atomic E-state index is 5.19. The number of hydrogen-bond acceptors (Lipinski definition) is 3. The molecule has 0 aromatic rings. The minimum Gasteiger partial charge on any atom is -0.375 e. The number of piperidine rings is 1. The second-order valence-corrected chi connectivity index (χ2v) is 3.25. The van der Waals surface area contributed by atoms with Crippen LogP contribution in [0.1, 0.15) is 19.3 Å². The van der Waals surface area contributed by atoms with Gasteiger partial charge in [-0.3, -0.25) is 5.43 Å². The van der Waals surface area contributed by atoms with E-state index in [9.17, 15) is 0 Å². The highest BCUT2D eigenvalue weighted by molar-refractivity contribution is 7.80. The lowest BCUT2D eigenvalue weighted by atomic mass is 10.1. The third-order valence-electron chi connectivity index (χ3n) is 1.78. The minimum atomic E-state index is 0.210. The zero-order valence-corrected chi connectivity index (χ0v) is 7.73. The van der Waals surface area contributed by atoms with Gasteiger partial charge < -0.3 is 11.1 Å². The average Bonchev–Trinajstić information content (AvgIpc) is 2.05. The Labute approximate surface area is 77.6 Å². The first kappa shape index (κ1) is 9.41. The van der Waals surface area contributed by atoms with Crippen molar-refractivity contribution < 1.29 is 0 Å². The van der Waals surface area contributed by atoms with E-state index >= 15 is 0 Å². The van der Waals surface area contributed by atoms with E-state index in [1.807, 2.05) is 6.21 Å². The highest BCUT2D eigenvalue weighted by Crippen LogP contribution is 2.04. The molecule has 0 aliphatic carbocycles. The SMILES string of the molecule is NC(=S)NN=CC1CCCCN1. The van der Waals surface area contributed by atoms with Crippen molar-refractivity contribution in [1.29, 1.82) is 0 Å². The molecule has 0 saturated carbocycles. The van der Waals surface area contributed by atoms with Gasteiger partial charge in [-0.15, -0.1) is 0 Å². The molecule has 1 aliphatic rings. The lowest BCUT2D eigenvalue weighted by Crippen LogP contribution is -2.36. The molecule has 0 aromatic heterocycles. The van der Waals surface area contributed by atoms with Gasteiger partial charge in [-0.05, 0) is 31.6 Å². The maximum Gasteiger partial charge on any atom is 0.184 e. The van der Waals surface area contributed by atoms with Crippen molar-refractivity contribution in [3.05, 3.63) is 0 Å². The predicted octanol–water partition coefficient (Wildman–Crippen LogP) is -0.0525. The molecule has 0 aromatic carbocycles. The molecule has 1 rings (SSSR count). The maximum absolute atomic E-state index is 5.19. The van der Waals surface area contributed by atoms with Crippen LogP contribution < -0.4 is 16.5 Å². The Morgan fingerprint density at radius 3 is 3.08 bits per heavy atom. The summed E-state index contributed by atoms with van der Waals surface area (Å²) in [6.45, 7) is 1.07. The van der Waals surface area contributed by atoms with Crippen molar-refractivity contribution in [2.24, 2.45) is 10.8 Å². The molecule has 1 unspecified atom stereocenters. The van der Waals surface area contributed by atoms with Gasteiger partial charge in [0.05, 0.1) is 0 Å². The van der Waals surface area contributed by atoms with Crippen LogP contribution in [-0.2, 0) is 0 Å². The highest BCUT2D eigenvalue weighted by Gasteiger charge is 2.08. The monoisotopic (exact) mass is 186 g/mol. The van der Waals surface area contributed by atoms with Gasteiger partial charge in [-0.2, -0.15) is 5.10 Å². The fourth-order valence-electron chi connectivity index (χ4n) is 1.20. The van der Waals surface area contributed by atoms with Crippen LogP contribution in [0.5, 0.6) is 0 Å². The van der Waals surface area contributed by atoms with Crippen LogP contribution in [0.2, 0.25) is 0 Å². The summed E-state index contributed by atoms with van der Waals surface area (Å²) in [7, 11) is 0. The fourth-order valence-corrected chi connectivity index (χ4v) is 1.25. The van der Waals surface area contributed by atoms with Gasteiger partial charge in [0.15, 0.2) is 5.11 Å². The van der Waals surface area contributed by atoms with Gasteiger partial charge in [0.2, 0.25) is 0 Å². The molecule has 1 aliphatic heterocycles. The molecule has 0 amide bonds. The molecule has 4 N–H and O–H groups in total. The van der Waals surface area contributed by atoms with Gasteiger partial charge >= 0.3 is 0 Å². The van der Waals surface area contributed by atoms with Crippen molar-refractivity contribution in [3.8, 4) is 0 Å². The van der Waals surface area contributed by atoms with Crippen molar-refractivity contribution in [1.82, 2.24) is 10.7 Å². The van der Waals surface area contributed by atoms with Crippen molar-refractivity contribution in [3.63, 3.8) is 0 Å². The summed E-state index contributed by atoms with van der Waals surface area (Å²) in [5, 5.41) is 7.42. The Kier molecular flexibility index (Phi) is 3.96. The second kappa shape index (κ2) is 5.05. The summed E-state index contributed by atoms with van der Waals surface area (Å²) in [5.74, 6) is 0. The van der Waals surface area contributed by atoms with Crippen LogP contribution in [0.25, 0.3) is 0 Å². The van der Waals surface area contributed by atoms with Gasteiger partial charge in [0.25, 0.3) is 0 Å². The van der Waals surface area contributed by atoms with Crippen molar-refractivity contribution in [2.75, 3.05) is 6.54 Å². The molecule has 0 radical (unpaired) electrons. The third kappa shape index (κ3) is 3.64. The molecule has 68 valence electrons. The summed E-state index contributed by atoms with van der Waals surface area (Å²) in [6, 6.07) is 0.376. The molecular weight excluding hydrogens is 172 g/mol. The fraction of sp³-hybridized carbons (Fsp3) is 0.714. The Balaban J connectivity index is 2.19. The van der Waals surface area contributed by atoms with Crippen molar-refractivity contribution >= 4 is 23.5 Å². The second-order valence-electron chi connectivity index (χ2n) is 2.81. The van der Waals surface area contributed by atoms with E-state index in [2.05, 4.69) is 28.1 Å². The Hall–Kier alpha value is -0.680. The minimum absolute atomic E-state index is 0.210. The first-order valence-electron chi connectivity index (χ1n) is 4.11. The summed E-state index contributed by atoms with van der Waals surface area (Å²) in [4.78, 5) is 0. The third-order valence-corrected chi connectivity index (χ3v) is 1.87. The zero-order valence-electron chi connectivity index (χ0n) is 6.92. The predicted molar refractivity (Wildman–Crippen MR) is 54.1 cm³/mol. The molecule has 4 nitrogen and oxygen atoms in total. The molecular formula is C7H14N4S. The van der Waals surface area contributed by atoms with E-state index in [1.54, 1.807) is 0 Å². The summed E-state index contributed by atoms with van der Waals surface area (Å²) in [5.41, 5.74) is 7.73. The number of nitrogens with zero attached hydrogens (tertiary/aromatic N) is 1. The van der Waals surface area contributed by atoms with Gasteiger partial charge in [0, 0.05) is 12.3 Å². The smallest absolute Gasteiger partial charge is 0.184 e. The van der Waals surface area contributed by atoms with Crippen LogP contribution in [0, 0.1) is 0 Å². The molecule has 0 spiro atoms. The van der Waals surface area contributed by atoms with Crippen LogP contribution in [-0.4, -0.2) is 23.9 Å². The summed E-state index contributed by atoms with van der Waals surface area (Å²) >= 11 is 4.59. The molecule has 1 atom stereocenters. The van der Waals surface area contributed by atoms with E-state index < -0.39 is 0 Å². The van der Waals surface area contributed by atoms with E-state index in [4.69, 9.17) is 5.73 Å². The summed E-state index contributed by atoms with van der Waals surface area (Å²) in [6.07, 6.45) is 5.48. The number of thiocarbonyl (C=S) groups is 1. The van der Waals surface area contributed by atoms with E-state index in [1.165, 1.54) is 12.8 Å². The van der Waals surface area contributed by atoms with E-state index in [0.29, 0.717) is 6.04 Å². The number of hydrogen-bond donors (Lipinski definition) is 3. The lowest BCUT2D eigenvalue weighted by molar-refractivity contribution is 0.475. The van der Waals surface area contributed by atoms with E-state index in [0.717, 1.165) is 13.0 Å². The number of nitrogens with one attached hydrogen (secondary N) is 2. The lowest BCUT2D eigenvalue weighted by Gasteiger charge is -2.19. The van der Waals surface area contributed by atoms with Crippen LogP contribution in [0.15, 0.2) is 5.10 Å². The quantitative estimate of drug-likeness (QED) is 0.321. The van der Waals surface area contributed by atoms with Gasteiger partial charge in [-0.25, -0.2) is 0 Å². The van der Waals surface area contributed by atoms with Crippen LogP contribution >= 0.6 is 12.2 Å². The topological polar surface area (TPSA) is 62.4 Å². The van der Waals surface area contributed by atoms with E-state index in [-0.39, 0.29) is 5.11 Å². The first-order valence-corrected chi connectivity index (χ1v) is 4.52. The van der Waals surface area contributed by atoms with Crippen LogP contribution in [0.3, 0.4) is 0 Å². The van der Waals surface area contributed by atoms with Crippen LogP contribution in [0.4, 0.5) is 0 Å². The normalized spacial score (nSPS) is 24.2. The standard InChI is InChI=1S/C7H14N4S/c8-7(12)11-10-5-6-3-1-2-4-9-6/h5-6,9H,1-4H2,(H3,8,11,12). The number of rotatable bonds is 2. The first-order chi connectivity index (χ1) is 5.79. The highest BCUT2D eigenvalue weighted by atomic mass is 32.1. The zero-order chi connectivity index (χ0) is 8.81. The Bertz CT molecular complexity index is 174. The molecule has 1 heterocycles. The molecule has 5 heteroatoms. The van der Waals surface area contributed by atoms with Gasteiger partial charge in [0.1, 0.15) is 0 Å².